The molecule has 4 aromatic rings. The van der Waals surface area contributed by atoms with Crippen LogP contribution in [0.3, 0.4) is 0 Å². The molecule has 5 rings (SSSR count). The number of nitrogens with one attached hydrogen (secondary N) is 2. The maximum Gasteiger partial charge on any atom is 0.335 e. The second-order valence-electron chi connectivity index (χ2n) is 8.55. The van der Waals surface area contributed by atoms with Crippen LogP contribution in [0, 0.1) is 0 Å². The molecule has 1 aliphatic heterocycles. The molecule has 3 heterocycles. The second kappa shape index (κ2) is 10.6. The van der Waals surface area contributed by atoms with Crippen molar-refractivity contribution < 1.29 is 14.3 Å². The van der Waals surface area contributed by atoms with E-state index in [1.165, 1.54) is 0 Å². The van der Waals surface area contributed by atoms with E-state index in [1.807, 2.05) is 48.5 Å². The molecule has 0 spiro atoms. The lowest BCUT2D eigenvalue weighted by molar-refractivity contribution is 0.0697. The van der Waals surface area contributed by atoms with Crippen molar-refractivity contribution >= 4 is 29.0 Å². The number of aromatic nitrogens is 1. The van der Waals surface area contributed by atoms with Crippen LogP contribution in [0.25, 0.3) is 11.3 Å². The predicted octanol–water partition coefficient (Wildman–Crippen LogP) is 5.51. The highest BCUT2D eigenvalue weighted by Gasteiger charge is 2.41. The van der Waals surface area contributed by atoms with Gasteiger partial charge in [0.1, 0.15) is 17.6 Å². The summed E-state index contributed by atoms with van der Waals surface area (Å²) in [6.07, 6.45) is 2.66. The van der Waals surface area contributed by atoms with E-state index in [0.717, 1.165) is 42.2 Å². The van der Waals surface area contributed by atoms with Gasteiger partial charge in [0.2, 0.25) is 0 Å². The Bertz CT molecular complexity index is 1330. The lowest BCUT2D eigenvalue weighted by atomic mass is 10.0. The Morgan fingerprint density at radius 2 is 1.81 bits per heavy atom. The molecule has 0 aliphatic carbocycles. The molecule has 1 saturated heterocycles. The molecule has 1 aliphatic rings. The van der Waals surface area contributed by atoms with Gasteiger partial charge in [-0.25, -0.2) is 4.79 Å². The van der Waals surface area contributed by atoms with Gasteiger partial charge in [-0.05, 0) is 67.2 Å². The van der Waals surface area contributed by atoms with E-state index in [2.05, 4.69) is 32.7 Å². The average Bonchev–Trinajstić information content (AvgIpc) is 3.52. The third kappa shape index (κ3) is 5.08. The first-order valence-corrected chi connectivity index (χ1v) is 12.2. The number of hydrogen-bond acceptors (Lipinski definition) is 5. The molecular formula is C28H26N4O3S. The van der Waals surface area contributed by atoms with Gasteiger partial charge in [-0.2, -0.15) is 0 Å². The summed E-state index contributed by atoms with van der Waals surface area (Å²) in [7, 11) is 0. The van der Waals surface area contributed by atoms with E-state index >= 15 is 0 Å². The van der Waals surface area contributed by atoms with Gasteiger partial charge in [-0.1, -0.05) is 36.4 Å². The third-order valence-corrected chi connectivity index (χ3v) is 6.56. The molecule has 2 aromatic heterocycles. The standard InChI is InChI=1S/C28H26N4O3S/c33-27(34)20-12-10-19(11-13-20)23-14-15-24(35-23)26-25(22-9-4-5-16-30-22)31-28(36)32(26)18-6-17-29-21-7-2-1-3-8-21/h1-5,7-16,25-26,29H,6,17-18H2,(H,31,36)(H,33,34)/t25-,26-/m0/s1. The number of para-hydroxylation sites is 1. The van der Waals surface area contributed by atoms with Crippen LogP contribution in [-0.4, -0.2) is 39.2 Å². The number of furan rings is 1. The highest BCUT2D eigenvalue weighted by molar-refractivity contribution is 7.80. The van der Waals surface area contributed by atoms with Crippen molar-refractivity contribution in [3.63, 3.8) is 0 Å². The summed E-state index contributed by atoms with van der Waals surface area (Å²) in [6.45, 7) is 1.55. The number of anilines is 1. The zero-order valence-electron chi connectivity index (χ0n) is 19.5. The monoisotopic (exact) mass is 498 g/mol. The van der Waals surface area contributed by atoms with E-state index in [-0.39, 0.29) is 17.6 Å². The summed E-state index contributed by atoms with van der Waals surface area (Å²) >= 11 is 5.75. The summed E-state index contributed by atoms with van der Waals surface area (Å²) in [6, 6.07) is 26.2. The van der Waals surface area contributed by atoms with Crippen LogP contribution >= 0.6 is 12.2 Å². The maximum atomic E-state index is 11.2. The summed E-state index contributed by atoms with van der Waals surface area (Å²) in [5.41, 5.74) is 3.03. The smallest absolute Gasteiger partial charge is 0.335 e. The van der Waals surface area contributed by atoms with Crippen LogP contribution in [0.15, 0.2) is 95.5 Å². The molecule has 2 aromatic carbocycles. The minimum absolute atomic E-state index is 0.158. The van der Waals surface area contributed by atoms with Crippen molar-refractivity contribution in [3.8, 4) is 11.3 Å². The second-order valence-corrected chi connectivity index (χ2v) is 8.94. The van der Waals surface area contributed by atoms with E-state index in [4.69, 9.17) is 16.6 Å². The molecule has 36 heavy (non-hydrogen) atoms. The van der Waals surface area contributed by atoms with Crippen LogP contribution in [0.1, 0.15) is 40.3 Å². The van der Waals surface area contributed by atoms with E-state index in [0.29, 0.717) is 10.9 Å². The zero-order chi connectivity index (χ0) is 24.9. The molecule has 2 atom stereocenters. The van der Waals surface area contributed by atoms with Crippen molar-refractivity contribution in [1.82, 2.24) is 15.2 Å². The van der Waals surface area contributed by atoms with Gasteiger partial charge >= 0.3 is 5.97 Å². The summed E-state index contributed by atoms with van der Waals surface area (Å²) < 4.78 is 6.33. The van der Waals surface area contributed by atoms with Crippen molar-refractivity contribution in [3.05, 3.63) is 108 Å². The quantitative estimate of drug-likeness (QED) is 0.205. The largest absolute Gasteiger partial charge is 0.478 e. The number of nitrogens with zero attached hydrogens (tertiary/aromatic N) is 2. The average molecular weight is 499 g/mol. The molecule has 0 unspecified atom stereocenters. The molecule has 1 fully saturated rings. The number of carboxylic acid groups (broad SMARTS) is 1. The normalized spacial score (nSPS) is 17.1. The zero-order valence-corrected chi connectivity index (χ0v) is 20.3. The van der Waals surface area contributed by atoms with Crippen LogP contribution in [0.5, 0.6) is 0 Å². The van der Waals surface area contributed by atoms with Crippen molar-refractivity contribution in [1.29, 1.82) is 0 Å². The molecule has 0 radical (unpaired) electrons. The number of rotatable bonds is 9. The fourth-order valence-electron chi connectivity index (χ4n) is 4.44. The lowest BCUT2D eigenvalue weighted by Crippen LogP contribution is -2.31. The fraction of sp³-hybridized carbons (Fsp3) is 0.179. The highest BCUT2D eigenvalue weighted by atomic mass is 32.1. The SMILES string of the molecule is O=C(O)c1ccc(-c2ccc([C@H]3[C@H](c4ccccn4)NC(=S)N3CCCNc3ccccc3)o2)cc1. The number of thiocarbonyl (C=S) groups is 1. The predicted molar refractivity (Wildman–Crippen MR) is 143 cm³/mol. The van der Waals surface area contributed by atoms with Gasteiger partial charge < -0.3 is 25.1 Å². The first kappa shape index (κ1) is 23.6. The molecule has 182 valence electrons. The van der Waals surface area contributed by atoms with Gasteiger partial charge in [0.05, 0.1) is 17.3 Å². The van der Waals surface area contributed by atoms with Crippen LogP contribution < -0.4 is 10.6 Å². The lowest BCUT2D eigenvalue weighted by Gasteiger charge is -2.26. The Labute approximate surface area is 214 Å². The van der Waals surface area contributed by atoms with Gasteiger partial charge in [0.15, 0.2) is 5.11 Å². The van der Waals surface area contributed by atoms with Gasteiger partial charge in [-0.15, -0.1) is 0 Å². The topological polar surface area (TPSA) is 90.6 Å². The number of carbonyl (C=O) groups is 1. The first-order chi connectivity index (χ1) is 17.6. The fourth-order valence-corrected chi connectivity index (χ4v) is 4.77. The Morgan fingerprint density at radius 1 is 1.03 bits per heavy atom. The first-order valence-electron chi connectivity index (χ1n) is 11.8. The number of benzene rings is 2. The molecule has 7 nitrogen and oxygen atoms in total. The van der Waals surface area contributed by atoms with Crippen molar-refractivity contribution in [2.75, 3.05) is 18.4 Å². The Kier molecular flexibility index (Phi) is 6.95. The van der Waals surface area contributed by atoms with Gasteiger partial charge in [0.25, 0.3) is 0 Å². The maximum absolute atomic E-state index is 11.2. The number of hydrogen-bond donors (Lipinski definition) is 3. The Hall–Kier alpha value is -4.17. The van der Waals surface area contributed by atoms with Crippen molar-refractivity contribution in [2.24, 2.45) is 0 Å². The van der Waals surface area contributed by atoms with Gasteiger partial charge in [0, 0.05) is 30.5 Å². The number of carboxylic acids is 1. The number of aromatic carboxylic acids is 1. The molecular weight excluding hydrogens is 472 g/mol. The van der Waals surface area contributed by atoms with Crippen LogP contribution in [0.2, 0.25) is 0 Å². The van der Waals surface area contributed by atoms with Gasteiger partial charge in [-0.3, -0.25) is 4.98 Å². The third-order valence-electron chi connectivity index (χ3n) is 6.21. The van der Waals surface area contributed by atoms with Crippen molar-refractivity contribution in [2.45, 2.75) is 18.5 Å². The highest BCUT2D eigenvalue weighted by Crippen LogP contribution is 2.40. The van der Waals surface area contributed by atoms with Crippen LogP contribution in [0.4, 0.5) is 5.69 Å². The summed E-state index contributed by atoms with van der Waals surface area (Å²) in [4.78, 5) is 17.9. The van der Waals surface area contributed by atoms with E-state index in [9.17, 15) is 9.90 Å². The molecule has 0 saturated carbocycles. The summed E-state index contributed by atoms with van der Waals surface area (Å²) in [5.74, 6) is 0.486. The minimum atomic E-state index is -0.956. The molecule has 0 amide bonds. The molecule has 0 bridgehead atoms. The van der Waals surface area contributed by atoms with E-state index < -0.39 is 5.97 Å². The summed E-state index contributed by atoms with van der Waals surface area (Å²) in [5, 5.41) is 16.7. The molecule has 8 heteroatoms. The Morgan fingerprint density at radius 3 is 2.53 bits per heavy atom. The van der Waals surface area contributed by atoms with E-state index in [1.54, 1.807) is 30.5 Å². The Balaban J connectivity index is 1.37. The van der Waals surface area contributed by atoms with Crippen LogP contribution in [-0.2, 0) is 0 Å². The number of pyridine rings is 1. The molecule has 3 N–H and O–H groups in total. The minimum Gasteiger partial charge on any atom is -0.478 e.